The van der Waals surface area contributed by atoms with Crippen molar-refractivity contribution in [2.75, 3.05) is 59.1 Å². The van der Waals surface area contributed by atoms with Crippen LogP contribution in [0.15, 0.2) is 16.6 Å². The van der Waals surface area contributed by atoms with Crippen molar-refractivity contribution in [3.63, 3.8) is 0 Å². The number of ether oxygens (including phenoxy) is 2. The van der Waals surface area contributed by atoms with Gasteiger partial charge in [-0.25, -0.2) is 0 Å². The maximum absolute atomic E-state index is 6.19. The highest BCUT2D eigenvalue weighted by atomic mass is 79.9. The van der Waals surface area contributed by atoms with E-state index in [9.17, 15) is 0 Å². The molecule has 0 aliphatic carbocycles. The normalized spacial score (nSPS) is 16.0. The van der Waals surface area contributed by atoms with E-state index in [4.69, 9.17) is 21.1 Å². The Bertz CT molecular complexity index is 474. The first-order chi connectivity index (χ1) is 11.1. The summed E-state index contributed by atoms with van der Waals surface area (Å²) in [6.45, 7) is 12.8. The van der Waals surface area contributed by atoms with Crippen molar-refractivity contribution in [3.8, 4) is 5.75 Å². The Labute approximate surface area is 165 Å². The number of likely N-dealkylation sites (N-methyl/N-ethyl adjacent to an activating group) is 1. The molecule has 1 aliphatic rings. The summed E-state index contributed by atoms with van der Waals surface area (Å²) in [5, 5.41) is 0.630. The molecule has 0 aromatic heterocycles. The van der Waals surface area contributed by atoms with Crippen LogP contribution in [0.4, 0.5) is 0 Å². The zero-order valence-electron chi connectivity index (χ0n) is 14.4. The summed E-state index contributed by atoms with van der Waals surface area (Å²) in [6.07, 6.45) is 0. The third-order valence-electron chi connectivity index (χ3n) is 4.13. The topological polar surface area (TPSA) is 24.9 Å². The second kappa shape index (κ2) is 11.6. The number of halogens is 3. The molecule has 0 atom stereocenters. The smallest absolute Gasteiger partial charge is 0.140 e. The average molecular weight is 442 g/mol. The van der Waals surface area contributed by atoms with E-state index in [0.29, 0.717) is 18.2 Å². The Morgan fingerprint density at radius 2 is 1.75 bits per heavy atom. The van der Waals surface area contributed by atoms with Crippen molar-refractivity contribution >= 4 is 39.9 Å². The molecule has 0 radical (unpaired) electrons. The third kappa shape index (κ3) is 7.06. The minimum absolute atomic E-state index is 0. The van der Waals surface area contributed by atoms with Crippen LogP contribution in [0.5, 0.6) is 5.75 Å². The lowest BCUT2D eigenvalue weighted by Gasteiger charge is -2.33. The fraction of sp³-hybridized carbons (Fsp3) is 0.647. The number of aryl methyl sites for hydroxylation is 1. The Kier molecular flexibility index (Phi) is 10.6. The van der Waals surface area contributed by atoms with Crippen LogP contribution in [0.25, 0.3) is 0 Å². The van der Waals surface area contributed by atoms with Gasteiger partial charge in [0.25, 0.3) is 0 Å². The quantitative estimate of drug-likeness (QED) is 0.571. The molecule has 0 bridgehead atoms. The van der Waals surface area contributed by atoms with Gasteiger partial charge in [-0.1, -0.05) is 34.5 Å². The summed E-state index contributed by atoms with van der Waals surface area (Å²) in [7, 11) is 0. The molecule has 2 rings (SSSR count). The zero-order valence-corrected chi connectivity index (χ0v) is 17.6. The van der Waals surface area contributed by atoms with Gasteiger partial charge < -0.3 is 14.4 Å². The van der Waals surface area contributed by atoms with Crippen LogP contribution >= 0.6 is 39.9 Å². The third-order valence-corrected chi connectivity index (χ3v) is 4.87. The van der Waals surface area contributed by atoms with Crippen molar-refractivity contribution in [1.29, 1.82) is 0 Å². The first-order valence-corrected chi connectivity index (χ1v) is 9.38. The molecule has 0 N–H and O–H groups in total. The molecule has 1 aromatic rings. The molecule has 138 valence electrons. The first-order valence-electron chi connectivity index (χ1n) is 8.21. The van der Waals surface area contributed by atoms with Gasteiger partial charge in [0.2, 0.25) is 0 Å². The molecule has 1 saturated heterocycles. The van der Waals surface area contributed by atoms with Crippen molar-refractivity contribution in [1.82, 2.24) is 9.80 Å². The van der Waals surface area contributed by atoms with Crippen LogP contribution in [0.3, 0.4) is 0 Å². The van der Waals surface area contributed by atoms with E-state index in [1.165, 1.54) is 13.1 Å². The van der Waals surface area contributed by atoms with Crippen LogP contribution in [-0.4, -0.2) is 68.9 Å². The Morgan fingerprint density at radius 1 is 1.08 bits per heavy atom. The second-order valence-electron chi connectivity index (χ2n) is 5.77. The fourth-order valence-electron chi connectivity index (χ4n) is 2.70. The highest BCUT2D eigenvalue weighted by Crippen LogP contribution is 2.31. The molecule has 1 fully saturated rings. The molecule has 1 aromatic carbocycles. The van der Waals surface area contributed by atoms with E-state index in [0.717, 1.165) is 48.6 Å². The maximum atomic E-state index is 6.19. The van der Waals surface area contributed by atoms with Gasteiger partial charge in [-0.2, -0.15) is 0 Å². The van der Waals surface area contributed by atoms with Crippen LogP contribution in [0, 0.1) is 6.92 Å². The molecule has 0 saturated carbocycles. The molecule has 4 nitrogen and oxygen atoms in total. The molecule has 0 amide bonds. The summed E-state index contributed by atoms with van der Waals surface area (Å²) >= 11 is 9.62. The van der Waals surface area contributed by atoms with Crippen LogP contribution in [0.1, 0.15) is 12.5 Å². The number of hydrogen-bond acceptors (Lipinski definition) is 4. The van der Waals surface area contributed by atoms with E-state index in [1.54, 1.807) is 0 Å². The number of piperazine rings is 1. The van der Waals surface area contributed by atoms with Crippen molar-refractivity contribution in [2.24, 2.45) is 0 Å². The highest BCUT2D eigenvalue weighted by Gasteiger charge is 2.14. The summed E-state index contributed by atoms with van der Waals surface area (Å²) in [5.74, 6) is 0.745. The molecule has 7 heteroatoms. The van der Waals surface area contributed by atoms with Gasteiger partial charge in [-0.05, 0) is 31.2 Å². The van der Waals surface area contributed by atoms with Gasteiger partial charge in [-0.3, -0.25) is 4.90 Å². The molecular weight excluding hydrogens is 415 g/mol. The second-order valence-corrected chi connectivity index (χ2v) is 7.09. The van der Waals surface area contributed by atoms with E-state index in [-0.39, 0.29) is 12.4 Å². The predicted molar refractivity (Wildman–Crippen MR) is 106 cm³/mol. The minimum atomic E-state index is 0. The van der Waals surface area contributed by atoms with E-state index in [1.807, 2.05) is 19.1 Å². The maximum Gasteiger partial charge on any atom is 0.140 e. The molecular formula is C17H27BrCl2N2O2. The van der Waals surface area contributed by atoms with E-state index < -0.39 is 0 Å². The first kappa shape index (κ1) is 22.0. The zero-order chi connectivity index (χ0) is 16.7. The van der Waals surface area contributed by atoms with Crippen molar-refractivity contribution in [3.05, 3.63) is 27.2 Å². The lowest BCUT2D eigenvalue weighted by Crippen LogP contribution is -2.47. The van der Waals surface area contributed by atoms with Crippen LogP contribution in [-0.2, 0) is 4.74 Å². The molecule has 0 unspecified atom stereocenters. The number of hydrogen-bond donors (Lipinski definition) is 0. The monoisotopic (exact) mass is 440 g/mol. The van der Waals surface area contributed by atoms with Crippen molar-refractivity contribution < 1.29 is 9.47 Å². The summed E-state index contributed by atoms with van der Waals surface area (Å²) in [6, 6.07) is 3.85. The Morgan fingerprint density at radius 3 is 2.38 bits per heavy atom. The van der Waals surface area contributed by atoms with Gasteiger partial charge in [0, 0.05) is 37.2 Å². The lowest BCUT2D eigenvalue weighted by molar-refractivity contribution is 0.0625. The standard InChI is InChI=1S/C17H26BrClN2O2.ClH/c1-3-20-4-6-21(7-5-20)8-9-22-10-11-23-17-14(2)12-15(18)13-16(17)19;/h12-13H,3-11H2,1-2H3;1H. The van der Waals surface area contributed by atoms with E-state index >= 15 is 0 Å². The minimum Gasteiger partial charge on any atom is -0.489 e. The average Bonchev–Trinajstić information content (AvgIpc) is 2.53. The van der Waals surface area contributed by atoms with Crippen molar-refractivity contribution in [2.45, 2.75) is 13.8 Å². The van der Waals surface area contributed by atoms with Gasteiger partial charge in [0.05, 0.1) is 18.2 Å². The number of rotatable bonds is 8. The highest BCUT2D eigenvalue weighted by molar-refractivity contribution is 9.10. The van der Waals surface area contributed by atoms with E-state index in [2.05, 4.69) is 32.7 Å². The Hall–Kier alpha value is -0.0400. The predicted octanol–water partition coefficient (Wildman–Crippen LogP) is 3.87. The molecule has 1 aliphatic heterocycles. The Balaban J connectivity index is 0.00000288. The fourth-order valence-corrected chi connectivity index (χ4v) is 3.72. The molecule has 0 spiro atoms. The molecule has 24 heavy (non-hydrogen) atoms. The van der Waals surface area contributed by atoms with Gasteiger partial charge in [-0.15, -0.1) is 12.4 Å². The van der Waals surface area contributed by atoms with Gasteiger partial charge in [0.15, 0.2) is 0 Å². The van der Waals surface area contributed by atoms with Crippen LogP contribution < -0.4 is 4.74 Å². The van der Waals surface area contributed by atoms with Gasteiger partial charge >= 0.3 is 0 Å². The number of benzene rings is 1. The molecule has 1 heterocycles. The van der Waals surface area contributed by atoms with Gasteiger partial charge in [0.1, 0.15) is 12.4 Å². The largest absolute Gasteiger partial charge is 0.489 e. The van der Waals surface area contributed by atoms with Crippen LogP contribution in [0.2, 0.25) is 5.02 Å². The SMILES string of the molecule is CCN1CCN(CCOCCOc2c(C)cc(Br)cc2Cl)CC1.Cl. The summed E-state index contributed by atoms with van der Waals surface area (Å²) in [4.78, 5) is 4.94. The summed E-state index contributed by atoms with van der Waals surface area (Å²) < 4.78 is 12.4. The number of nitrogens with zero attached hydrogens (tertiary/aromatic N) is 2. The lowest BCUT2D eigenvalue weighted by atomic mass is 10.2. The summed E-state index contributed by atoms with van der Waals surface area (Å²) in [5.41, 5.74) is 1.03.